The molecule has 2 unspecified atom stereocenters. The Labute approximate surface area is 125 Å². The molecule has 1 saturated carbocycles. The van der Waals surface area contributed by atoms with Crippen molar-refractivity contribution in [3.8, 4) is 5.75 Å². The molecule has 2 atom stereocenters. The molecule has 1 aromatic rings. The van der Waals surface area contributed by atoms with E-state index in [9.17, 15) is 4.79 Å². The third-order valence-electron chi connectivity index (χ3n) is 4.14. The van der Waals surface area contributed by atoms with Crippen LogP contribution in [-0.4, -0.2) is 26.4 Å². The van der Waals surface area contributed by atoms with Crippen LogP contribution in [0.2, 0.25) is 0 Å². The van der Waals surface area contributed by atoms with E-state index in [1.54, 1.807) is 19.2 Å². The molecular formula is C16H24N2O3. The Bertz CT molecular complexity index is 465. The second-order valence-corrected chi connectivity index (χ2v) is 5.46. The minimum atomic E-state index is -0.444. The van der Waals surface area contributed by atoms with Crippen LogP contribution in [0.15, 0.2) is 24.3 Å². The largest absolute Gasteiger partial charge is 0.495 e. The lowest BCUT2D eigenvalue weighted by Gasteiger charge is -2.30. The van der Waals surface area contributed by atoms with Gasteiger partial charge in [0.2, 0.25) is 0 Å². The Balaban J connectivity index is 1.84. The van der Waals surface area contributed by atoms with Crippen LogP contribution < -0.4 is 15.8 Å². The molecule has 5 nitrogen and oxygen atoms in total. The normalized spacial score (nSPS) is 21.6. The number of rotatable bonds is 5. The van der Waals surface area contributed by atoms with Gasteiger partial charge in [0.25, 0.3) is 0 Å². The summed E-state index contributed by atoms with van der Waals surface area (Å²) in [6.07, 6.45) is 4.20. The molecule has 0 aliphatic heterocycles. The molecule has 3 N–H and O–H groups in total. The number of amides is 1. The van der Waals surface area contributed by atoms with Crippen molar-refractivity contribution in [1.29, 1.82) is 0 Å². The van der Waals surface area contributed by atoms with E-state index >= 15 is 0 Å². The predicted molar refractivity (Wildman–Crippen MR) is 82.5 cm³/mol. The average Bonchev–Trinajstić information content (AvgIpc) is 2.53. The third kappa shape index (κ3) is 4.36. The smallest absolute Gasteiger partial charge is 0.411 e. The van der Waals surface area contributed by atoms with Gasteiger partial charge in [0.05, 0.1) is 19.4 Å². The molecule has 0 bridgehead atoms. The van der Waals surface area contributed by atoms with Crippen LogP contribution in [-0.2, 0) is 4.74 Å². The molecule has 1 aliphatic carbocycles. The molecule has 2 rings (SSSR count). The molecule has 5 heteroatoms. The third-order valence-corrected chi connectivity index (χ3v) is 4.14. The monoisotopic (exact) mass is 292 g/mol. The molecule has 0 spiro atoms. The summed E-state index contributed by atoms with van der Waals surface area (Å²) in [4.78, 5) is 11.9. The molecule has 1 amide bonds. The van der Waals surface area contributed by atoms with E-state index in [0.29, 0.717) is 36.4 Å². The van der Waals surface area contributed by atoms with E-state index in [0.717, 1.165) is 12.8 Å². The van der Waals surface area contributed by atoms with Crippen LogP contribution in [0.3, 0.4) is 0 Å². The number of nitrogens with two attached hydrogens (primary N) is 1. The molecular weight excluding hydrogens is 268 g/mol. The number of ether oxygens (including phenoxy) is 2. The van der Waals surface area contributed by atoms with Gasteiger partial charge in [-0.1, -0.05) is 25.0 Å². The molecule has 0 radical (unpaired) electrons. The van der Waals surface area contributed by atoms with Crippen molar-refractivity contribution in [2.75, 3.05) is 25.6 Å². The molecule has 0 saturated heterocycles. The van der Waals surface area contributed by atoms with E-state index in [1.807, 2.05) is 12.1 Å². The van der Waals surface area contributed by atoms with E-state index in [2.05, 4.69) is 5.32 Å². The van der Waals surface area contributed by atoms with Gasteiger partial charge in [-0.05, 0) is 43.4 Å². The topological polar surface area (TPSA) is 73.6 Å². The summed E-state index contributed by atoms with van der Waals surface area (Å²) in [6, 6.07) is 7.26. The van der Waals surface area contributed by atoms with Crippen LogP contribution >= 0.6 is 0 Å². The summed E-state index contributed by atoms with van der Waals surface area (Å²) in [7, 11) is 1.57. The highest BCUT2D eigenvalue weighted by Crippen LogP contribution is 2.29. The van der Waals surface area contributed by atoms with Crippen molar-refractivity contribution in [3.63, 3.8) is 0 Å². The van der Waals surface area contributed by atoms with Crippen LogP contribution in [0.1, 0.15) is 25.7 Å². The van der Waals surface area contributed by atoms with Crippen molar-refractivity contribution in [2.24, 2.45) is 17.6 Å². The lowest BCUT2D eigenvalue weighted by molar-refractivity contribution is 0.104. The fraction of sp³-hybridized carbons (Fsp3) is 0.562. The maximum Gasteiger partial charge on any atom is 0.411 e. The highest BCUT2D eigenvalue weighted by atomic mass is 16.5. The maximum absolute atomic E-state index is 11.9. The van der Waals surface area contributed by atoms with Crippen LogP contribution in [0.4, 0.5) is 10.5 Å². The Morgan fingerprint density at radius 1 is 1.29 bits per heavy atom. The maximum atomic E-state index is 11.9. The molecule has 116 valence electrons. The zero-order chi connectivity index (χ0) is 15.1. The van der Waals surface area contributed by atoms with Crippen LogP contribution in [0.25, 0.3) is 0 Å². The predicted octanol–water partition coefficient (Wildman–Crippen LogP) is 3.01. The van der Waals surface area contributed by atoms with Crippen molar-refractivity contribution in [2.45, 2.75) is 25.7 Å². The van der Waals surface area contributed by atoms with Gasteiger partial charge in [-0.25, -0.2) is 4.79 Å². The Morgan fingerprint density at radius 3 is 2.71 bits per heavy atom. The average molecular weight is 292 g/mol. The molecule has 0 heterocycles. The van der Waals surface area contributed by atoms with Gasteiger partial charge in [-0.2, -0.15) is 0 Å². The molecule has 1 aromatic carbocycles. The Kier molecular flexibility index (Phi) is 5.87. The highest BCUT2D eigenvalue weighted by molar-refractivity contribution is 5.86. The van der Waals surface area contributed by atoms with E-state index in [-0.39, 0.29) is 0 Å². The van der Waals surface area contributed by atoms with Crippen LogP contribution in [0, 0.1) is 11.8 Å². The number of hydrogen-bond acceptors (Lipinski definition) is 4. The number of methoxy groups -OCH3 is 1. The number of para-hydroxylation sites is 2. The molecule has 21 heavy (non-hydrogen) atoms. The zero-order valence-corrected chi connectivity index (χ0v) is 12.5. The number of carbonyl (C=O) groups is 1. The number of carbonyl (C=O) groups excluding carboxylic acids is 1. The first kappa shape index (κ1) is 15.6. The fourth-order valence-electron chi connectivity index (χ4n) is 2.89. The molecule has 1 aliphatic rings. The second kappa shape index (κ2) is 7.88. The lowest BCUT2D eigenvalue weighted by Crippen LogP contribution is -2.31. The lowest BCUT2D eigenvalue weighted by atomic mass is 9.80. The van der Waals surface area contributed by atoms with Gasteiger partial charge in [-0.3, -0.25) is 5.32 Å². The highest BCUT2D eigenvalue weighted by Gasteiger charge is 2.25. The summed E-state index contributed by atoms with van der Waals surface area (Å²) in [5.74, 6) is 1.47. The van der Waals surface area contributed by atoms with Crippen molar-refractivity contribution < 1.29 is 14.3 Å². The van der Waals surface area contributed by atoms with Crippen molar-refractivity contribution >= 4 is 11.8 Å². The molecule has 0 aromatic heterocycles. The Hall–Kier alpha value is -1.75. The first-order valence-electron chi connectivity index (χ1n) is 7.51. The number of benzene rings is 1. The summed E-state index contributed by atoms with van der Waals surface area (Å²) in [5, 5.41) is 2.72. The number of anilines is 1. The zero-order valence-electron chi connectivity index (χ0n) is 12.5. The summed E-state index contributed by atoms with van der Waals surface area (Å²) < 4.78 is 10.5. The van der Waals surface area contributed by atoms with Gasteiger partial charge in [-0.15, -0.1) is 0 Å². The quantitative estimate of drug-likeness (QED) is 0.875. The SMILES string of the molecule is COc1ccccc1NC(=O)OCC1CCCCC1CN. The first-order valence-corrected chi connectivity index (χ1v) is 7.51. The minimum absolute atomic E-state index is 0.382. The fourth-order valence-corrected chi connectivity index (χ4v) is 2.89. The van der Waals surface area contributed by atoms with Gasteiger partial charge in [0.15, 0.2) is 0 Å². The van der Waals surface area contributed by atoms with E-state index in [4.69, 9.17) is 15.2 Å². The van der Waals surface area contributed by atoms with Crippen LogP contribution in [0.5, 0.6) is 5.75 Å². The van der Waals surface area contributed by atoms with Crippen molar-refractivity contribution in [3.05, 3.63) is 24.3 Å². The van der Waals surface area contributed by atoms with Gasteiger partial charge in [0, 0.05) is 0 Å². The first-order chi connectivity index (χ1) is 10.2. The standard InChI is InChI=1S/C16H24N2O3/c1-20-15-9-5-4-8-14(15)18-16(19)21-11-13-7-3-2-6-12(13)10-17/h4-5,8-9,12-13H,2-3,6-7,10-11,17H2,1H3,(H,18,19). The Morgan fingerprint density at radius 2 is 2.00 bits per heavy atom. The second-order valence-electron chi connectivity index (χ2n) is 5.46. The van der Waals surface area contributed by atoms with Gasteiger partial charge >= 0.3 is 6.09 Å². The summed E-state index contributed by atoms with van der Waals surface area (Å²) in [6.45, 7) is 1.10. The van der Waals surface area contributed by atoms with Gasteiger partial charge in [0.1, 0.15) is 5.75 Å². The van der Waals surface area contributed by atoms with E-state index < -0.39 is 6.09 Å². The summed E-state index contributed by atoms with van der Waals surface area (Å²) in [5.41, 5.74) is 6.40. The van der Waals surface area contributed by atoms with Gasteiger partial charge < -0.3 is 15.2 Å². The summed E-state index contributed by atoms with van der Waals surface area (Å²) >= 11 is 0. The van der Waals surface area contributed by atoms with E-state index in [1.165, 1.54) is 12.8 Å². The number of hydrogen-bond donors (Lipinski definition) is 2. The van der Waals surface area contributed by atoms with Crippen molar-refractivity contribution in [1.82, 2.24) is 0 Å². The molecule has 1 fully saturated rings. The minimum Gasteiger partial charge on any atom is -0.495 e. The number of nitrogens with one attached hydrogen (secondary N) is 1.